The van der Waals surface area contributed by atoms with E-state index in [4.69, 9.17) is 23.2 Å². The molecule has 1 aliphatic heterocycles. The number of thioether (sulfide) groups is 1. The molecule has 2 aromatic carbocycles. The number of carbonyl (C=O) groups excluding carboxylic acids is 2. The zero-order valence-corrected chi connectivity index (χ0v) is 17.4. The minimum absolute atomic E-state index is 0.0452. The molecular formula is C19H15Cl2FN4O2S. The molecule has 2 N–H and O–H groups in total. The van der Waals surface area contributed by atoms with Crippen LogP contribution in [0, 0.1) is 5.82 Å². The third-order valence-electron chi connectivity index (χ3n) is 3.90. The first kappa shape index (κ1) is 21.3. The molecule has 1 unspecified atom stereocenters. The summed E-state index contributed by atoms with van der Waals surface area (Å²) in [6.07, 6.45) is -0.0452. The van der Waals surface area contributed by atoms with Gasteiger partial charge in [-0.2, -0.15) is 5.10 Å². The molecule has 2 amide bonds. The van der Waals surface area contributed by atoms with Crippen molar-refractivity contribution in [1.82, 2.24) is 5.32 Å². The molecule has 1 aliphatic rings. The van der Waals surface area contributed by atoms with Gasteiger partial charge in [0.15, 0.2) is 5.17 Å². The van der Waals surface area contributed by atoms with Crippen molar-refractivity contribution in [2.24, 2.45) is 10.2 Å². The van der Waals surface area contributed by atoms with Crippen molar-refractivity contribution in [1.29, 1.82) is 0 Å². The van der Waals surface area contributed by atoms with Gasteiger partial charge in [0, 0.05) is 12.1 Å². The topological polar surface area (TPSA) is 82.9 Å². The van der Waals surface area contributed by atoms with Crippen LogP contribution in [0.2, 0.25) is 10.0 Å². The van der Waals surface area contributed by atoms with Gasteiger partial charge in [-0.25, -0.2) is 4.39 Å². The average molecular weight is 453 g/mol. The second kappa shape index (κ2) is 9.39. The van der Waals surface area contributed by atoms with Crippen LogP contribution in [0.3, 0.4) is 0 Å². The van der Waals surface area contributed by atoms with Gasteiger partial charge in [-0.1, -0.05) is 47.1 Å². The number of nitrogens with one attached hydrogen (secondary N) is 2. The first-order valence-corrected chi connectivity index (χ1v) is 10.1. The quantitative estimate of drug-likeness (QED) is 0.518. The van der Waals surface area contributed by atoms with Gasteiger partial charge >= 0.3 is 0 Å². The first-order valence-electron chi connectivity index (χ1n) is 8.42. The van der Waals surface area contributed by atoms with E-state index in [1.807, 2.05) is 0 Å². The van der Waals surface area contributed by atoms with E-state index in [0.717, 1.165) is 11.8 Å². The molecular weight excluding hydrogens is 438 g/mol. The van der Waals surface area contributed by atoms with Crippen molar-refractivity contribution < 1.29 is 14.0 Å². The van der Waals surface area contributed by atoms with E-state index >= 15 is 0 Å². The molecule has 1 heterocycles. The van der Waals surface area contributed by atoms with Crippen LogP contribution in [-0.4, -0.2) is 27.9 Å². The van der Waals surface area contributed by atoms with Crippen LogP contribution in [0.1, 0.15) is 18.9 Å². The van der Waals surface area contributed by atoms with Gasteiger partial charge in [-0.15, -0.1) is 5.10 Å². The van der Waals surface area contributed by atoms with Crippen LogP contribution in [-0.2, 0) is 9.59 Å². The van der Waals surface area contributed by atoms with E-state index in [9.17, 15) is 14.0 Å². The number of halogens is 3. The highest BCUT2D eigenvalue weighted by molar-refractivity contribution is 8.15. The van der Waals surface area contributed by atoms with Gasteiger partial charge < -0.3 is 10.6 Å². The fraction of sp³-hybridized carbons (Fsp3) is 0.158. The Morgan fingerprint density at radius 1 is 1.21 bits per heavy atom. The molecule has 1 fully saturated rings. The van der Waals surface area contributed by atoms with Crippen LogP contribution >= 0.6 is 35.0 Å². The van der Waals surface area contributed by atoms with Crippen LogP contribution in [0.4, 0.5) is 10.1 Å². The summed E-state index contributed by atoms with van der Waals surface area (Å²) in [5.41, 5.74) is 1.76. The molecule has 10 heteroatoms. The number of nitrogens with zero attached hydrogens (tertiary/aromatic N) is 2. The maximum Gasteiger partial charge on any atom is 0.240 e. The van der Waals surface area contributed by atoms with Crippen molar-refractivity contribution in [2.75, 3.05) is 5.32 Å². The molecule has 0 radical (unpaired) electrons. The highest BCUT2D eigenvalue weighted by atomic mass is 35.5. The summed E-state index contributed by atoms with van der Waals surface area (Å²) in [6.45, 7) is 1.72. The summed E-state index contributed by atoms with van der Waals surface area (Å²) < 4.78 is 13.0. The Hall–Kier alpha value is -2.42. The predicted molar refractivity (Wildman–Crippen MR) is 115 cm³/mol. The Kier molecular flexibility index (Phi) is 6.89. The lowest BCUT2D eigenvalue weighted by atomic mass is 10.1. The molecule has 3 rings (SSSR count). The largest absolute Gasteiger partial charge is 0.326 e. The Morgan fingerprint density at radius 2 is 1.93 bits per heavy atom. The van der Waals surface area contributed by atoms with Crippen molar-refractivity contribution in [2.45, 2.75) is 18.6 Å². The Labute approximate surface area is 180 Å². The Balaban J connectivity index is 1.59. The maximum absolute atomic E-state index is 13.0. The molecule has 1 saturated heterocycles. The third-order valence-corrected chi connectivity index (χ3v) is 5.71. The molecule has 0 aliphatic carbocycles. The second-order valence-corrected chi connectivity index (χ2v) is 8.08. The van der Waals surface area contributed by atoms with Gasteiger partial charge in [-0.05, 0) is 42.8 Å². The van der Waals surface area contributed by atoms with E-state index in [1.54, 1.807) is 31.2 Å². The fourth-order valence-corrected chi connectivity index (χ4v) is 3.63. The van der Waals surface area contributed by atoms with Gasteiger partial charge in [0.05, 0.1) is 15.8 Å². The normalized spacial score (nSPS) is 18.1. The number of rotatable bonds is 5. The van der Waals surface area contributed by atoms with Crippen LogP contribution in [0.5, 0.6) is 0 Å². The summed E-state index contributed by atoms with van der Waals surface area (Å²) in [5, 5.41) is 13.7. The number of hydrogen-bond donors (Lipinski definition) is 2. The SMILES string of the molecule is C/C(=N\N=C1\NC(=O)C(CC(=O)Nc2ccc(Cl)c(Cl)c2)S1)c1ccc(F)cc1. The average Bonchev–Trinajstić information content (AvgIpc) is 3.02. The molecule has 1 atom stereocenters. The summed E-state index contributed by atoms with van der Waals surface area (Å²) in [4.78, 5) is 24.3. The number of amidine groups is 1. The summed E-state index contributed by atoms with van der Waals surface area (Å²) >= 11 is 12.9. The molecule has 6 nitrogen and oxygen atoms in total. The lowest BCUT2D eigenvalue weighted by Crippen LogP contribution is -2.28. The predicted octanol–water partition coefficient (Wildman–Crippen LogP) is 4.47. The molecule has 2 aromatic rings. The van der Waals surface area contributed by atoms with Gasteiger partial charge in [0.2, 0.25) is 11.8 Å². The Bertz CT molecular complexity index is 1010. The van der Waals surface area contributed by atoms with Crippen molar-refractivity contribution in [3.63, 3.8) is 0 Å². The molecule has 0 bridgehead atoms. The molecule has 0 saturated carbocycles. The summed E-state index contributed by atoms with van der Waals surface area (Å²) in [5.74, 6) is -1.01. The summed E-state index contributed by atoms with van der Waals surface area (Å²) in [6, 6.07) is 10.6. The first-order chi connectivity index (χ1) is 13.8. The number of benzene rings is 2. The smallest absolute Gasteiger partial charge is 0.240 e. The van der Waals surface area contributed by atoms with E-state index < -0.39 is 5.25 Å². The monoisotopic (exact) mass is 452 g/mol. The van der Waals surface area contributed by atoms with Gasteiger partial charge in [-0.3, -0.25) is 9.59 Å². The third kappa shape index (κ3) is 5.79. The maximum atomic E-state index is 13.0. The minimum atomic E-state index is -0.627. The van der Waals surface area contributed by atoms with E-state index in [0.29, 0.717) is 32.2 Å². The van der Waals surface area contributed by atoms with E-state index in [-0.39, 0.29) is 24.1 Å². The number of anilines is 1. The lowest BCUT2D eigenvalue weighted by molar-refractivity contribution is -0.122. The molecule has 0 aromatic heterocycles. The summed E-state index contributed by atoms with van der Waals surface area (Å²) in [7, 11) is 0. The van der Waals surface area contributed by atoms with Crippen LogP contribution in [0.15, 0.2) is 52.7 Å². The minimum Gasteiger partial charge on any atom is -0.326 e. The zero-order valence-electron chi connectivity index (χ0n) is 15.1. The molecule has 29 heavy (non-hydrogen) atoms. The fourth-order valence-electron chi connectivity index (χ4n) is 2.41. The van der Waals surface area contributed by atoms with Crippen molar-refractivity contribution >= 4 is 63.3 Å². The highest BCUT2D eigenvalue weighted by Crippen LogP contribution is 2.26. The van der Waals surface area contributed by atoms with Crippen LogP contribution < -0.4 is 10.6 Å². The second-order valence-electron chi connectivity index (χ2n) is 6.07. The number of hydrogen-bond acceptors (Lipinski definition) is 5. The van der Waals surface area contributed by atoms with E-state index in [1.165, 1.54) is 18.2 Å². The number of carbonyl (C=O) groups is 2. The standard InChI is InChI=1S/C19H15Cl2FN4O2S/c1-10(11-2-4-12(22)5-3-11)25-26-19-24-18(28)16(29-19)9-17(27)23-13-6-7-14(20)15(21)8-13/h2-8,16H,9H2,1H3,(H,23,27)(H,24,26,28)/b25-10+. The Morgan fingerprint density at radius 3 is 2.62 bits per heavy atom. The highest BCUT2D eigenvalue weighted by Gasteiger charge is 2.32. The lowest BCUT2D eigenvalue weighted by Gasteiger charge is -2.08. The van der Waals surface area contributed by atoms with E-state index in [2.05, 4.69) is 20.8 Å². The van der Waals surface area contributed by atoms with Gasteiger partial charge in [0.25, 0.3) is 0 Å². The van der Waals surface area contributed by atoms with Crippen LogP contribution in [0.25, 0.3) is 0 Å². The van der Waals surface area contributed by atoms with Crippen molar-refractivity contribution in [3.8, 4) is 0 Å². The molecule has 150 valence electrons. The number of amides is 2. The zero-order chi connectivity index (χ0) is 21.0. The van der Waals surface area contributed by atoms with Crippen molar-refractivity contribution in [3.05, 3.63) is 63.9 Å². The van der Waals surface area contributed by atoms with Gasteiger partial charge in [0.1, 0.15) is 11.1 Å². The molecule has 0 spiro atoms.